The molecule has 0 amide bonds. The molecule has 6 heteroatoms. The van der Waals surface area contributed by atoms with E-state index in [2.05, 4.69) is 0 Å². The van der Waals surface area contributed by atoms with Gasteiger partial charge in [-0.3, -0.25) is 4.79 Å². The zero-order valence-electron chi connectivity index (χ0n) is 15.6. The number of benzene rings is 1. The summed E-state index contributed by atoms with van der Waals surface area (Å²) >= 11 is 0. The molecule has 0 fully saturated rings. The molecule has 0 saturated heterocycles. The predicted molar refractivity (Wildman–Crippen MR) is 97.2 cm³/mol. The normalized spacial score (nSPS) is 19.0. The molecule has 0 N–H and O–H groups in total. The van der Waals surface area contributed by atoms with Crippen molar-refractivity contribution in [2.24, 2.45) is 0 Å². The summed E-state index contributed by atoms with van der Waals surface area (Å²) in [5.41, 5.74) is 1.16. The number of para-hydroxylation sites is 1. The van der Waals surface area contributed by atoms with E-state index >= 15 is 0 Å². The zero-order chi connectivity index (χ0) is 19.2. The van der Waals surface area contributed by atoms with Gasteiger partial charge in [-0.25, -0.2) is 0 Å². The van der Waals surface area contributed by atoms with Crippen LogP contribution in [0.25, 0.3) is 0 Å². The molecule has 0 saturated carbocycles. The third-order valence-corrected chi connectivity index (χ3v) is 4.23. The molecule has 1 aromatic rings. The number of ketones is 1. The van der Waals surface area contributed by atoms with Gasteiger partial charge in [-0.1, -0.05) is 18.2 Å². The second-order valence-corrected chi connectivity index (χ2v) is 5.54. The molecule has 1 atom stereocenters. The number of rotatable bonds is 8. The summed E-state index contributed by atoms with van der Waals surface area (Å²) < 4.78 is 27.2. The van der Waals surface area contributed by atoms with E-state index < -0.39 is 11.9 Å². The molecule has 0 aromatic heterocycles. The minimum Gasteiger partial charge on any atom is -0.497 e. The molecular formula is C20H24O6. The highest BCUT2D eigenvalue weighted by atomic mass is 16.7. The predicted octanol–water partition coefficient (Wildman–Crippen LogP) is 2.91. The Hall–Kier alpha value is -2.41. The van der Waals surface area contributed by atoms with Crippen LogP contribution in [0, 0.1) is 0 Å². The zero-order valence-corrected chi connectivity index (χ0v) is 15.6. The molecule has 0 bridgehead atoms. The van der Waals surface area contributed by atoms with Crippen LogP contribution in [0.15, 0.2) is 59.9 Å². The number of carbonyl (C=O) groups is 1. The number of methoxy groups -OCH3 is 5. The minimum absolute atomic E-state index is 0.188. The van der Waals surface area contributed by atoms with Crippen molar-refractivity contribution in [2.75, 3.05) is 35.5 Å². The largest absolute Gasteiger partial charge is 0.497 e. The fraction of sp³-hybridized carbons (Fsp3) is 0.350. The van der Waals surface area contributed by atoms with E-state index in [9.17, 15) is 4.79 Å². The van der Waals surface area contributed by atoms with Crippen molar-refractivity contribution in [1.82, 2.24) is 0 Å². The smallest absolute Gasteiger partial charge is 0.222 e. The third-order valence-electron chi connectivity index (χ3n) is 4.23. The number of carbonyl (C=O) groups excluding carboxylic acids is 1. The number of allylic oxidation sites excluding steroid dienone is 2. The molecule has 1 unspecified atom stereocenters. The van der Waals surface area contributed by atoms with Gasteiger partial charge in [0.15, 0.2) is 5.78 Å². The Kier molecular flexibility index (Phi) is 6.74. The van der Waals surface area contributed by atoms with Gasteiger partial charge < -0.3 is 23.7 Å². The maximum atomic E-state index is 12.6. The summed E-state index contributed by atoms with van der Waals surface area (Å²) in [5.74, 6) is -0.274. The van der Waals surface area contributed by atoms with Gasteiger partial charge in [0, 0.05) is 27.4 Å². The van der Waals surface area contributed by atoms with E-state index in [1.165, 1.54) is 27.4 Å². The topological polar surface area (TPSA) is 63.2 Å². The summed E-state index contributed by atoms with van der Waals surface area (Å²) in [6.45, 7) is 0. The minimum atomic E-state index is -1.15. The highest BCUT2D eigenvalue weighted by Crippen LogP contribution is 2.33. The van der Waals surface area contributed by atoms with Crippen molar-refractivity contribution in [1.29, 1.82) is 0 Å². The highest BCUT2D eigenvalue weighted by molar-refractivity contribution is 6.06. The van der Waals surface area contributed by atoms with Crippen molar-refractivity contribution in [2.45, 2.75) is 11.9 Å². The Morgan fingerprint density at radius 2 is 1.73 bits per heavy atom. The standard InChI is InChI=1S/C20H24O6/c1-22-15-12-14(19(24-3)20(13-15,25-4)26-5)10-11-17(21)16-8-6-7-9-18(16)23-2/h6-13,19H,1-5H3/b11-10+. The molecule has 0 spiro atoms. The average molecular weight is 360 g/mol. The van der Waals surface area contributed by atoms with E-state index in [1.54, 1.807) is 50.6 Å². The van der Waals surface area contributed by atoms with E-state index in [4.69, 9.17) is 23.7 Å². The molecule has 2 rings (SSSR count). The molecule has 6 nitrogen and oxygen atoms in total. The van der Waals surface area contributed by atoms with Gasteiger partial charge in [-0.15, -0.1) is 0 Å². The van der Waals surface area contributed by atoms with Crippen LogP contribution in [-0.4, -0.2) is 53.2 Å². The first kappa shape index (κ1) is 19.9. The summed E-state index contributed by atoms with van der Waals surface area (Å²) in [7, 11) is 7.67. The first-order chi connectivity index (χ1) is 12.5. The van der Waals surface area contributed by atoms with Gasteiger partial charge in [-0.05, 0) is 29.9 Å². The van der Waals surface area contributed by atoms with Crippen LogP contribution in [0.4, 0.5) is 0 Å². The third kappa shape index (κ3) is 3.88. The molecule has 1 aliphatic carbocycles. The van der Waals surface area contributed by atoms with Crippen LogP contribution in [0.2, 0.25) is 0 Å². The van der Waals surface area contributed by atoms with Crippen molar-refractivity contribution in [3.05, 3.63) is 65.5 Å². The summed E-state index contributed by atoms with van der Waals surface area (Å²) in [6.07, 6.45) is 6.03. The van der Waals surface area contributed by atoms with Crippen LogP contribution in [0.3, 0.4) is 0 Å². The lowest BCUT2D eigenvalue weighted by molar-refractivity contribution is -0.224. The molecule has 140 valence electrons. The highest BCUT2D eigenvalue weighted by Gasteiger charge is 2.43. The van der Waals surface area contributed by atoms with E-state index in [1.807, 2.05) is 6.07 Å². The van der Waals surface area contributed by atoms with Crippen molar-refractivity contribution >= 4 is 5.78 Å². The molecular weight excluding hydrogens is 336 g/mol. The van der Waals surface area contributed by atoms with Gasteiger partial charge in [0.2, 0.25) is 5.79 Å². The SMILES string of the molecule is COC1=CC(OC)(OC)C(OC)C(/C=C/C(=O)c2ccccc2OC)=C1. The van der Waals surface area contributed by atoms with Gasteiger partial charge >= 0.3 is 0 Å². The number of hydrogen-bond acceptors (Lipinski definition) is 6. The van der Waals surface area contributed by atoms with Gasteiger partial charge in [0.25, 0.3) is 0 Å². The molecule has 0 radical (unpaired) electrons. The van der Waals surface area contributed by atoms with Gasteiger partial charge in [0.1, 0.15) is 17.6 Å². The molecule has 1 aromatic carbocycles. The maximum absolute atomic E-state index is 12.6. The van der Waals surface area contributed by atoms with E-state index in [-0.39, 0.29) is 5.78 Å². The van der Waals surface area contributed by atoms with Gasteiger partial charge in [-0.2, -0.15) is 0 Å². The van der Waals surface area contributed by atoms with Gasteiger partial charge in [0.05, 0.1) is 19.8 Å². The first-order valence-corrected chi connectivity index (χ1v) is 8.02. The van der Waals surface area contributed by atoms with E-state index in [0.717, 1.165) is 0 Å². The lowest BCUT2D eigenvalue weighted by Crippen LogP contribution is -2.48. The van der Waals surface area contributed by atoms with Crippen LogP contribution in [-0.2, 0) is 18.9 Å². The maximum Gasteiger partial charge on any atom is 0.222 e. The Labute approximate surface area is 153 Å². The number of hydrogen-bond donors (Lipinski definition) is 0. The molecule has 1 aliphatic rings. The monoisotopic (exact) mass is 360 g/mol. The van der Waals surface area contributed by atoms with Crippen LogP contribution in [0.1, 0.15) is 10.4 Å². The first-order valence-electron chi connectivity index (χ1n) is 8.02. The quantitative estimate of drug-likeness (QED) is 0.404. The van der Waals surface area contributed by atoms with Crippen LogP contribution >= 0.6 is 0 Å². The second-order valence-electron chi connectivity index (χ2n) is 5.54. The molecule has 0 heterocycles. The summed E-state index contributed by atoms with van der Waals surface area (Å²) in [5, 5.41) is 0. The Bertz CT molecular complexity index is 728. The van der Waals surface area contributed by atoms with Crippen molar-refractivity contribution < 1.29 is 28.5 Å². The van der Waals surface area contributed by atoms with E-state index in [0.29, 0.717) is 22.6 Å². The Morgan fingerprint density at radius 3 is 2.31 bits per heavy atom. The van der Waals surface area contributed by atoms with Crippen molar-refractivity contribution in [3.63, 3.8) is 0 Å². The van der Waals surface area contributed by atoms with Crippen LogP contribution < -0.4 is 4.74 Å². The van der Waals surface area contributed by atoms with Crippen LogP contribution in [0.5, 0.6) is 5.75 Å². The summed E-state index contributed by atoms with van der Waals surface area (Å²) in [4.78, 5) is 12.6. The number of ether oxygens (including phenoxy) is 5. The van der Waals surface area contributed by atoms with Crippen molar-refractivity contribution in [3.8, 4) is 5.75 Å². The fourth-order valence-electron chi connectivity index (χ4n) is 2.87. The summed E-state index contributed by atoms with van der Waals surface area (Å²) in [6, 6.07) is 7.05. The Balaban J connectivity index is 2.36. The Morgan fingerprint density at radius 1 is 1.04 bits per heavy atom. The molecule has 0 aliphatic heterocycles. The second kappa shape index (κ2) is 8.80. The lowest BCUT2D eigenvalue weighted by Gasteiger charge is -2.38. The molecule has 26 heavy (non-hydrogen) atoms. The lowest BCUT2D eigenvalue weighted by atomic mass is 9.93. The fourth-order valence-corrected chi connectivity index (χ4v) is 2.87. The average Bonchev–Trinajstić information content (AvgIpc) is 2.70.